The van der Waals surface area contributed by atoms with Crippen LogP contribution in [-0.2, 0) is 4.79 Å². The maximum atomic E-state index is 12.3. The van der Waals surface area contributed by atoms with Crippen molar-refractivity contribution in [2.45, 2.75) is 33.1 Å². The molecule has 0 bridgehead atoms. The van der Waals surface area contributed by atoms with Gasteiger partial charge in [0.05, 0.1) is 20.5 Å². The number of para-hydroxylation sites is 1. The Hall–Kier alpha value is -3.21. The molecule has 3 rings (SSSR count). The summed E-state index contributed by atoms with van der Waals surface area (Å²) in [6.07, 6.45) is 6.58. The zero-order valence-corrected chi connectivity index (χ0v) is 18.1. The molecule has 0 saturated carbocycles. The Morgan fingerprint density at radius 2 is 1.83 bits per heavy atom. The Morgan fingerprint density at radius 1 is 1.07 bits per heavy atom. The van der Waals surface area contributed by atoms with E-state index in [0.717, 1.165) is 52.7 Å². The van der Waals surface area contributed by atoms with Crippen LogP contribution < -0.4 is 14.8 Å². The Balaban J connectivity index is 1.98. The van der Waals surface area contributed by atoms with Crippen molar-refractivity contribution in [2.75, 3.05) is 20.8 Å². The van der Waals surface area contributed by atoms with Crippen LogP contribution in [0.3, 0.4) is 0 Å². The van der Waals surface area contributed by atoms with Crippen molar-refractivity contribution in [2.24, 2.45) is 0 Å². The summed E-state index contributed by atoms with van der Waals surface area (Å²) in [5.41, 5.74) is 4.28. The van der Waals surface area contributed by atoms with E-state index in [1.807, 2.05) is 43.3 Å². The molecule has 1 amide bonds. The molecule has 30 heavy (non-hydrogen) atoms. The molecule has 3 aromatic rings. The zero-order valence-electron chi connectivity index (χ0n) is 18.1. The highest BCUT2D eigenvalue weighted by molar-refractivity contribution is 6.01. The van der Waals surface area contributed by atoms with Gasteiger partial charge in [0.2, 0.25) is 5.91 Å². The van der Waals surface area contributed by atoms with E-state index < -0.39 is 0 Å². The fourth-order valence-corrected chi connectivity index (χ4v) is 3.52. The third-order valence-corrected chi connectivity index (χ3v) is 5.14. The average Bonchev–Trinajstić information content (AvgIpc) is 3.18. The van der Waals surface area contributed by atoms with Crippen molar-refractivity contribution in [1.29, 1.82) is 0 Å². The number of amides is 1. The summed E-state index contributed by atoms with van der Waals surface area (Å²) in [4.78, 5) is 12.3. The van der Waals surface area contributed by atoms with Gasteiger partial charge in [-0.2, -0.15) is 0 Å². The number of ether oxygens (including phenoxy) is 2. The van der Waals surface area contributed by atoms with Crippen LogP contribution in [0.4, 0.5) is 0 Å². The van der Waals surface area contributed by atoms with Gasteiger partial charge in [-0.3, -0.25) is 4.79 Å². The molecule has 0 atom stereocenters. The predicted octanol–water partition coefficient (Wildman–Crippen LogP) is 5.83. The van der Waals surface area contributed by atoms with Crippen molar-refractivity contribution in [3.63, 3.8) is 0 Å². The van der Waals surface area contributed by atoms with Gasteiger partial charge < -0.3 is 19.2 Å². The Labute approximate surface area is 177 Å². The fourth-order valence-electron chi connectivity index (χ4n) is 3.52. The van der Waals surface area contributed by atoms with Crippen molar-refractivity contribution in [1.82, 2.24) is 5.32 Å². The number of unbranched alkanes of at least 4 members (excludes halogenated alkanes) is 2. The number of rotatable bonds is 9. The van der Waals surface area contributed by atoms with E-state index in [1.165, 1.54) is 0 Å². The molecule has 0 aliphatic rings. The molecule has 0 saturated heterocycles. The number of fused-ring (bicyclic) bond motifs is 1. The summed E-state index contributed by atoms with van der Waals surface area (Å²) in [5, 5.41) is 3.89. The molecule has 158 valence electrons. The highest BCUT2D eigenvalue weighted by Gasteiger charge is 2.16. The number of hydrogen-bond donors (Lipinski definition) is 1. The van der Waals surface area contributed by atoms with Gasteiger partial charge in [-0.15, -0.1) is 0 Å². The molecule has 5 heteroatoms. The number of methoxy groups -OCH3 is 2. The number of benzene rings is 2. The summed E-state index contributed by atoms with van der Waals surface area (Å²) in [6.45, 7) is 4.74. The second-order valence-corrected chi connectivity index (χ2v) is 7.22. The van der Waals surface area contributed by atoms with Gasteiger partial charge in [-0.25, -0.2) is 0 Å². The van der Waals surface area contributed by atoms with Crippen molar-refractivity contribution < 1.29 is 18.7 Å². The maximum absolute atomic E-state index is 12.3. The first kappa shape index (κ1) is 21.5. The molecule has 0 unspecified atom stereocenters. The van der Waals surface area contributed by atoms with Crippen LogP contribution in [0.5, 0.6) is 11.5 Å². The first-order valence-corrected chi connectivity index (χ1v) is 10.3. The molecule has 0 spiro atoms. The third kappa shape index (κ3) is 4.67. The normalized spacial score (nSPS) is 11.5. The highest BCUT2D eigenvalue weighted by Crippen LogP contribution is 2.40. The topological polar surface area (TPSA) is 60.7 Å². The molecule has 0 aliphatic carbocycles. The smallest absolute Gasteiger partial charge is 0.244 e. The van der Waals surface area contributed by atoms with Gasteiger partial charge in [0.25, 0.3) is 0 Å². The van der Waals surface area contributed by atoms with Crippen LogP contribution in [0.15, 0.2) is 53.2 Å². The van der Waals surface area contributed by atoms with E-state index in [1.54, 1.807) is 26.6 Å². The molecule has 1 N–H and O–H groups in total. The van der Waals surface area contributed by atoms with E-state index in [4.69, 9.17) is 13.9 Å². The molecule has 5 nitrogen and oxygen atoms in total. The van der Waals surface area contributed by atoms with Gasteiger partial charge in [0, 0.05) is 40.8 Å². The van der Waals surface area contributed by atoms with Gasteiger partial charge >= 0.3 is 0 Å². The lowest BCUT2D eigenvalue weighted by molar-refractivity contribution is -0.116. The van der Waals surface area contributed by atoms with E-state index in [-0.39, 0.29) is 5.91 Å². The maximum Gasteiger partial charge on any atom is 0.244 e. The minimum atomic E-state index is -0.0945. The SMILES string of the molecule is CCCCCNC(=O)/C=C(\C)c1cc2c(-c3ccccc3OC)coc2cc1OC. The molecule has 1 aromatic heterocycles. The number of hydrogen-bond acceptors (Lipinski definition) is 4. The van der Waals surface area contributed by atoms with Crippen LogP contribution in [0, 0.1) is 0 Å². The van der Waals surface area contributed by atoms with Crippen molar-refractivity contribution >= 4 is 22.4 Å². The minimum Gasteiger partial charge on any atom is -0.496 e. The van der Waals surface area contributed by atoms with Crippen LogP contribution in [-0.4, -0.2) is 26.7 Å². The number of furan rings is 1. The van der Waals surface area contributed by atoms with Crippen LogP contribution in [0.25, 0.3) is 27.7 Å². The Bertz CT molecular complexity index is 1050. The molecule has 0 aliphatic heterocycles. The molecule has 1 heterocycles. The summed E-state index contributed by atoms with van der Waals surface area (Å²) < 4.78 is 16.9. The lowest BCUT2D eigenvalue weighted by atomic mass is 9.98. The van der Waals surface area contributed by atoms with Crippen molar-refractivity contribution in [3.8, 4) is 22.6 Å². The summed E-state index contributed by atoms with van der Waals surface area (Å²) in [6, 6.07) is 11.7. The first-order valence-electron chi connectivity index (χ1n) is 10.3. The molecule has 0 fully saturated rings. The lowest BCUT2D eigenvalue weighted by Crippen LogP contribution is -2.22. The Kier molecular flexibility index (Phi) is 7.17. The second kappa shape index (κ2) is 10.0. The number of allylic oxidation sites excluding steroid dienone is 1. The Morgan fingerprint density at radius 3 is 2.57 bits per heavy atom. The quantitative estimate of drug-likeness (QED) is 0.358. The second-order valence-electron chi connectivity index (χ2n) is 7.22. The standard InChI is InChI=1S/C25H29NO4/c1-5-6-9-12-26-25(27)13-17(2)19-14-20-21(16-30-24(20)15-23(19)29-4)18-10-7-8-11-22(18)28-3/h7-8,10-11,13-16H,5-6,9,12H2,1-4H3,(H,26,27)/b17-13+. The zero-order chi connectivity index (χ0) is 21.5. The first-order chi connectivity index (χ1) is 14.6. The summed E-state index contributed by atoms with van der Waals surface area (Å²) in [5.74, 6) is 1.34. The number of carbonyl (C=O) groups is 1. The van der Waals surface area contributed by atoms with Gasteiger partial charge in [0.1, 0.15) is 17.1 Å². The molecule has 2 aromatic carbocycles. The average molecular weight is 408 g/mol. The van der Waals surface area contributed by atoms with Gasteiger partial charge in [0.15, 0.2) is 0 Å². The molecular weight excluding hydrogens is 378 g/mol. The number of nitrogens with one attached hydrogen (secondary N) is 1. The number of carbonyl (C=O) groups excluding carboxylic acids is 1. The monoisotopic (exact) mass is 407 g/mol. The molecule has 0 radical (unpaired) electrons. The molecular formula is C25H29NO4. The largest absolute Gasteiger partial charge is 0.496 e. The van der Waals surface area contributed by atoms with Crippen molar-refractivity contribution in [3.05, 3.63) is 54.3 Å². The van der Waals surface area contributed by atoms with Crippen LogP contribution in [0.1, 0.15) is 38.7 Å². The fraction of sp³-hybridized carbons (Fsp3) is 0.320. The van der Waals surface area contributed by atoms with E-state index >= 15 is 0 Å². The summed E-state index contributed by atoms with van der Waals surface area (Å²) in [7, 11) is 3.27. The minimum absolute atomic E-state index is 0.0945. The predicted molar refractivity (Wildman–Crippen MR) is 121 cm³/mol. The van der Waals surface area contributed by atoms with Gasteiger partial charge in [-0.05, 0) is 31.1 Å². The third-order valence-electron chi connectivity index (χ3n) is 5.14. The van der Waals surface area contributed by atoms with E-state index in [2.05, 4.69) is 12.2 Å². The van der Waals surface area contributed by atoms with E-state index in [9.17, 15) is 4.79 Å². The highest BCUT2D eigenvalue weighted by atomic mass is 16.5. The van der Waals surface area contributed by atoms with Gasteiger partial charge in [-0.1, -0.05) is 38.0 Å². The summed E-state index contributed by atoms with van der Waals surface area (Å²) >= 11 is 0. The van der Waals surface area contributed by atoms with Crippen LogP contribution >= 0.6 is 0 Å². The lowest BCUT2D eigenvalue weighted by Gasteiger charge is -2.11. The van der Waals surface area contributed by atoms with Crippen LogP contribution in [0.2, 0.25) is 0 Å². The van der Waals surface area contributed by atoms with E-state index in [0.29, 0.717) is 17.9 Å².